The molecule has 28 heavy (non-hydrogen) atoms. The molecule has 2 N–H and O–H groups in total. The molecule has 1 fully saturated rings. The van der Waals surface area contributed by atoms with Crippen LogP contribution in [0, 0.1) is 11.3 Å². The molecule has 0 saturated heterocycles. The molecule has 0 bridgehead atoms. The van der Waals surface area contributed by atoms with Gasteiger partial charge in [0.25, 0.3) is 5.91 Å². The van der Waals surface area contributed by atoms with Gasteiger partial charge in [0.05, 0.1) is 0 Å². The Morgan fingerprint density at radius 1 is 1.14 bits per heavy atom. The third-order valence-electron chi connectivity index (χ3n) is 6.37. The first-order valence-electron chi connectivity index (χ1n) is 10.0. The van der Waals surface area contributed by atoms with Gasteiger partial charge in [0.2, 0.25) is 0 Å². The largest absolute Gasteiger partial charge is 0.507 e. The lowest BCUT2D eigenvalue weighted by molar-refractivity contribution is -0.110. The Morgan fingerprint density at radius 3 is 2.54 bits per heavy atom. The zero-order chi connectivity index (χ0) is 19.9. The SMILES string of the molecule is CC(C)(C)C1CCC2(CC1)CC(C(=O)Nc1cccc3c(O)cccc13)=NO2. The number of nitrogens with one attached hydrogen (secondary N) is 1. The van der Waals surface area contributed by atoms with Crippen molar-refractivity contribution in [1.29, 1.82) is 0 Å². The Labute approximate surface area is 165 Å². The normalized spacial score (nSPS) is 24.8. The van der Waals surface area contributed by atoms with Gasteiger partial charge in [-0.2, -0.15) is 0 Å². The van der Waals surface area contributed by atoms with Gasteiger partial charge in [-0.1, -0.05) is 50.2 Å². The van der Waals surface area contributed by atoms with E-state index in [-0.39, 0.29) is 17.3 Å². The number of amides is 1. The van der Waals surface area contributed by atoms with Crippen LogP contribution in [0.3, 0.4) is 0 Å². The van der Waals surface area contributed by atoms with Crippen LogP contribution in [0.25, 0.3) is 10.8 Å². The molecule has 2 aromatic rings. The third kappa shape index (κ3) is 3.46. The quantitative estimate of drug-likeness (QED) is 0.749. The molecule has 1 aliphatic carbocycles. The minimum atomic E-state index is -0.314. The van der Waals surface area contributed by atoms with E-state index < -0.39 is 0 Å². The number of fused-ring (bicyclic) bond motifs is 1. The monoisotopic (exact) mass is 380 g/mol. The number of rotatable bonds is 2. The molecule has 0 unspecified atom stereocenters. The van der Waals surface area contributed by atoms with Gasteiger partial charge in [-0.3, -0.25) is 4.79 Å². The summed E-state index contributed by atoms with van der Waals surface area (Å²) >= 11 is 0. The Kier molecular flexibility index (Phi) is 4.56. The molecule has 0 atom stereocenters. The van der Waals surface area contributed by atoms with Gasteiger partial charge in [-0.15, -0.1) is 0 Å². The second kappa shape index (κ2) is 6.80. The van der Waals surface area contributed by atoms with E-state index in [4.69, 9.17) is 4.84 Å². The zero-order valence-corrected chi connectivity index (χ0v) is 16.8. The van der Waals surface area contributed by atoms with Gasteiger partial charge in [0, 0.05) is 22.9 Å². The molecule has 1 saturated carbocycles. The maximum Gasteiger partial charge on any atom is 0.273 e. The van der Waals surface area contributed by atoms with Crippen molar-refractivity contribution in [3.63, 3.8) is 0 Å². The van der Waals surface area contributed by atoms with Crippen LogP contribution < -0.4 is 5.32 Å². The van der Waals surface area contributed by atoms with Gasteiger partial charge in [0.1, 0.15) is 17.1 Å². The maximum atomic E-state index is 12.8. The highest BCUT2D eigenvalue weighted by molar-refractivity contribution is 6.43. The lowest BCUT2D eigenvalue weighted by atomic mass is 9.67. The smallest absolute Gasteiger partial charge is 0.273 e. The minimum absolute atomic E-state index is 0.199. The summed E-state index contributed by atoms with van der Waals surface area (Å²) in [7, 11) is 0. The van der Waals surface area contributed by atoms with E-state index >= 15 is 0 Å². The molecule has 1 amide bonds. The molecule has 5 nitrogen and oxygen atoms in total. The van der Waals surface area contributed by atoms with Crippen molar-refractivity contribution in [1.82, 2.24) is 0 Å². The van der Waals surface area contributed by atoms with Crippen molar-refractivity contribution in [3.05, 3.63) is 36.4 Å². The van der Waals surface area contributed by atoms with Gasteiger partial charge in [-0.25, -0.2) is 0 Å². The number of phenols is 1. The van der Waals surface area contributed by atoms with Gasteiger partial charge < -0.3 is 15.3 Å². The number of oxime groups is 1. The number of aromatic hydroxyl groups is 1. The lowest BCUT2D eigenvalue weighted by Gasteiger charge is -2.40. The van der Waals surface area contributed by atoms with Crippen molar-refractivity contribution < 1.29 is 14.7 Å². The summed E-state index contributed by atoms with van der Waals surface area (Å²) in [6.45, 7) is 6.88. The van der Waals surface area contributed by atoms with Gasteiger partial charge >= 0.3 is 0 Å². The molecule has 2 aromatic carbocycles. The van der Waals surface area contributed by atoms with E-state index in [1.165, 1.54) is 0 Å². The molecule has 1 heterocycles. The lowest BCUT2D eigenvalue weighted by Crippen LogP contribution is -2.38. The molecule has 1 spiro atoms. The Hall–Kier alpha value is -2.56. The van der Waals surface area contributed by atoms with E-state index in [9.17, 15) is 9.90 Å². The van der Waals surface area contributed by atoms with Crippen LogP contribution in [-0.2, 0) is 9.63 Å². The highest BCUT2D eigenvalue weighted by Crippen LogP contribution is 2.46. The fourth-order valence-corrected chi connectivity index (χ4v) is 4.52. The predicted octanol–water partition coefficient (Wildman–Crippen LogP) is 5.24. The Bertz CT molecular complexity index is 935. The summed E-state index contributed by atoms with van der Waals surface area (Å²) in [6.07, 6.45) is 4.66. The number of phenolic OH excluding ortho intramolecular Hbond substituents is 1. The number of benzene rings is 2. The molecule has 148 valence electrons. The summed E-state index contributed by atoms with van der Waals surface area (Å²) in [5, 5.41) is 18.6. The van der Waals surface area contributed by atoms with Crippen molar-refractivity contribution in [2.24, 2.45) is 16.5 Å². The van der Waals surface area contributed by atoms with Crippen molar-refractivity contribution in [3.8, 4) is 5.75 Å². The number of nitrogens with zero attached hydrogens (tertiary/aromatic N) is 1. The first-order chi connectivity index (χ1) is 13.3. The minimum Gasteiger partial charge on any atom is -0.507 e. The molecule has 1 aliphatic heterocycles. The Balaban J connectivity index is 1.45. The fourth-order valence-electron chi connectivity index (χ4n) is 4.52. The van der Waals surface area contributed by atoms with Crippen LogP contribution in [0.4, 0.5) is 5.69 Å². The second-order valence-corrected chi connectivity index (χ2v) is 9.26. The van der Waals surface area contributed by atoms with Crippen LogP contribution in [0.5, 0.6) is 5.75 Å². The standard InChI is InChI=1S/C23H28N2O3/c1-22(2,3)15-10-12-23(13-11-15)14-19(25-28-23)21(27)24-18-8-4-7-17-16(18)6-5-9-20(17)26/h4-9,15,26H,10-14H2,1-3H3,(H,24,27). The van der Waals surface area contributed by atoms with E-state index in [0.717, 1.165) is 31.1 Å². The highest BCUT2D eigenvalue weighted by atomic mass is 16.7. The van der Waals surface area contributed by atoms with Gasteiger partial charge in [-0.05, 0) is 49.1 Å². The first kappa shape index (κ1) is 18.8. The van der Waals surface area contributed by atoms with E-state index in [1.54, 1.807) is 12.1 Å². The summed E-state index contributed by atoms with van der Waals surface area (Å²) < 4.78 is 0. The van der Waals surface area contributed by atoms with Crippen LogP contribution in [0.2, 0.25) is 0 Å². The molecular weight excluding hydrogens is 352 g/mol. The maximum absolute atomic E-state index is 12.8. The molecule has 0 aromatic heterocycles. The topological polar surface area (TPSA) is 70.9 Å². The average Bonchev–Trinajstić information content (AvgIpc) is 3.06. The van der Waals surface area contributed by atoms with E-state index in [1.807, 2.05) is 24.3 Å². The molecule has 4 rings (SSSR count). The number of carbonyl (C=O) groups excluding carboxylic acids is 1. The van der Waals surface area contributed by atoms with Crippen LogP contribution in [-0.4, -0.2) is 22.3 Å². The summed E-state index contributed by atoms with van der Waals surface area (Å²) in [6, 6.07) is 10.8. The summed E-state index contributed by atoms with van der Waals surface area (Å²) in [4.78, 5) is 18.6. The number of hydrogen-bond acceptors (Lipinski definition) is 4. The third-order valence-corrected chi connectivity index (χ3v) is 6.37. The molecule has 0 radical (unpaired) electrons. The number of hydrogen-bond donors (Lipinski definition) is 2. The predicted molar refractivity (Wildman–Crippen MR) is 112 cm³/mol. The van der Waals surface area contributed by atoms with Crippen LogP contribution in [0.1, 0.15) is 52.9 Å². The van der Waals surface area contributed by atoms with Crippen molar-refractivity contribution in [2.45, 2.75) is 58.5 Å². The van der Waals surface area contributed by atoms with Crippen molar-refractivity contribution in [2.75, 3.05) is 5.32 Å². The highest BCUT2D eigenvalue weighted by Gasteiger charge is 2.45. The summed E-state index contributed by atoms with van der Waals surface area (Å²) in [5.41, 5.74) is 1.11. The first-order valence-corrected chi connectivity index (χ1v) is 10.0. The van der Waals surface area contributed by atoms with Crippen LogP contribution in [0.15, 0.2) is 41.6 Å². The average molecular weight is 380 g/mol. The van der Waals surface area contributed by atoms with E-state index in [2.05, 4.69) is 31.2 Å². The van der Waals surface area contributed by atoms with Crippen molar-refractivity contribution >= 4 is 28.1 Å². The van der Waals surface area contributed by atoms with Gasteiger partial charge in [0.15, 0.2) is 0 Å². The fraction of sp³-hybridized carbons (Fsp3) is 0.478. The zero-order valence-electron chi connectivity index (χ0n) is 16.8. The van der Waals surface area contributed by atoms with Crippen LogP contribution >= 0.6 is 0 Å². The summed E-state index contributed by atoms with van der Waals surface area (Å²) in [5.74, 6) is 0.651. The molecular formula is C23H28N2O3. The van der Waals surface area contributed by atoms with E-state index in [0.29, 0.717) is 34.5 Å². The number of anilines is 1. The Morgan fingerprint density at radius 2 is 1.82 bits per heavy atom. The molecule has 2 aliphatic rings. The number of carbonyl (C=O) groups is 1. The molecule has 5 heteroatoms. The second-order valence-electron chi connectivity index (χ2n) is 9.26.